The molecule has 3 heterocycles. The zero-order valence-electron chi connectivity index (χ0n) is 14.0. The Balaban J connectivity index is 1.49. The van der Waals surface area contributed by atoms with Crippen LogP contribution in [0, 0.1) is 4.77 Å². The van der Waals surface area contributed by atoms with E-state index in [4.69, 9.17) is 12.2 Å². The molecule has 0 saturated heterocycles. The summed E-state index contributed by atoms with van der Waals surface area (Å²) in [6, 6.07) is 12.3. The first-order chi connectivity index (χ1) is 12.6. The third-order valence-corrected chi connectivity index (χ3v) is 5.29. The highest BCUT2D eigenvalue weighted by Crippen LogP contribution is 2.21. The Labute approximate surface area is 164 Å². The van der Waals surface area contributed by atoms with Crippen LogP contribution >= 0.6 is 28.1 Å². The van der Waals surface area contributed by atoms with Crippen LogP contribution in [0.4, 0.5) is 0 Å². The van der Waals surface area contributed by atoms with Crippen molar-refractivity contribution in [1.29, 1.82) is 0 Å². The van der Waals surface area contributed by atoms with Crippen molar-refractivity contribution in [3.63, 3.8) is 0 Å². The summed E-state index contributed by atoms with van der Waals surface area (Å²) < 4.78 is 1.45. The number of H-pyrrole nitrogens is 2. The molecule has 1 aromatic carbocycles. The van der Waals surface area contributed by atoms with Gasteiger partial charge in [-0.3, -0.25) is 19.7 Å². The van der Waals surface area contributed by atoms with Crippen LogP contribution in [0.15, 0.2) is 51.9 Å². The summed E-state index contributed by atoms with van der Waals surface area (Å²) in [4.78, 5) is 24.7. The van der Waals surface area contributed by atoms with E-state index in [1.54, 1.807) is 0 Å². The number of fused-ring (bicyclic) bond motifs is 1. The van der Waals surface area contributed by atoms with E-state index in [1.165, 1.54) is 0 Å². The van der Waals surface area contributed by atoms with Crippen molar-refractivity contribution in [2.75, 3.05) is 6.54 Å². The smallest absolute Gasteiger partial charge is 0.256 e. The van der Waals surface area contributed by atoms with Gasteiger partial charge < -0.3 is 4.98 Å². The molecule has 0 unspecified atom stereocenters. The van der Waals surface area contributed by atoms with Gasteiger partial charge in [0.25, 0.3) is 5.56 Å². The number of benzene rings is 1. The molecule has 2 N–H and O–H groups in total. The lowest BCUT2D eigenvalue weighted by Gasteiger charge is -2.27. The van der Waals surface area contributed by atoms with Crippen molar-refractivity contribution in [2.45, 2.75) is 19.5 Å². The lowest BCUT2D eigenvalue weighted by atomic mass is 10.1. The summed E-state index contributed by atoms with van der Waals surface area (Å²) in [5.74, 6) is 0. The van der Waals surface area contributed by atoms with Crippen LogP contribution in [-0.2, 0) is 19.5 Å². The van der Waals surface area contributed by atoms with Crippen LogP contribution in [0.5, 0.6) is 0 Å². The number of nitrogens with one attached hydrogen (secondary N) is 2. The fourth-order valence-corrected chi connectivity index (χ4v) is 3.70. The number of nitrogens with zero attached hydrogens (tertiary/aromatic N) is 2. The molecule has 7 heteroatoms. The Morgan fingerprint density at radius 3 is 2.69 bits per heavy atom. The second-order valence-electron chi connectivity index (χ2n) is 6.38. The molecule has 132 valence electrons. The van der Waals surface area contributed by atoms with E-state index in [0.717, 1.165) is 52.1 Å². The van der Waals surface area contributed by atoms with Gasteiger partial charge in [-0.1, -0.05) is 34.1 Å². The first-order valence-corrected chi connectivity index (χ1v) is 9.56. The molecule has 0 aliphatic carbocycles. The van der Waals surface area contributed by atoms with Gasteiger partial charge in [0, 0.05) is 48.0 Å². The Kier molecular flexibility index (Phi) is 4.84. The predicted octanol–water partition coefficient (Wildman–Crippen LogP) is 3.82. The van der Waals surface area contributed by atoms with Crippen molar-refractivity contribution < 1.29 is 0 Å². The number of rotatable bonds is 3. The Bertz CT molecular complexity index is 1040. The number of pyridine rings is 1. The second-order valence-corrected chi connectivity index (χ2v) is 7.71. The lowest BCUT2D eigenvalue weighted by molar-refractivity contribution is 0.241. The lowest BCUT2D eigenvalue weighted by Crippen LogP contribution is -2.35. The molecule has 0 amide bonds. The van der Waals surface area contributed by atoms with Crippen LogP contribution in [0.2, 0.25) is 0 Å². The third kappa shape index (κ3) is 3.70. The van der Waals surface area contributed by atoms with E-state index < -0.39 is 0 Å². The highest BCUT2D eigenvalue weighted by Gasteiger charge is 2.19. The molecule has 5 nitrogen and oxygen atoms in total. The van der Waals surface area contributed by atoms with Gasteiger partial charge in [0.1, 0.15) is 0 Å². The van der Waals surface area contributed by atoms with E-state index >= 15 is 0 Å². The number of hydrogen-bond donors (Lipinski definition) is 2. The summed E-state index contributed by atoms with van der Waals surface area (Å²) in [6.45, 7) is 2.27. The average molecular weight is 429 g/mol. The van der Waals surface area contributed by atoms with Crippen LogP contribution in [0.3, 0.4) is 0 Å². The summed E-state index contributed by atoms with van der Waals surface area (Å²) in [5, 5.41) is 0. The first kappa shape index (κ1) is 17.3. The molecular weight excluding hydrogens is 412 g/mol. The zero-order chi connectivity index (χ0) is 18.1. The second kappa shape index (κ2) is 7.26. The molecule has 0 fully saturated rings. The highest BCUT2D eigenvalue weighted by molar-refractivity contribution is 9.10. The van der Waals surface area contributed by atoms with Crippen molar-refractivity contribution in [1.82, 2.24) is 19.9 Å². The molecule has 26 heavy (non-hydrogen) atoms. The fourth-order valence-electron chi connectivity index (χ4n) is 3.22. The van der Waals surface area contributed by atoms with Crippen LogP contribution in [-0.4, -0.2) is 26.4 Å². The van der Waals surface area contributed by atoms with Crippen molar-refractivity contribution in [3.05, 3.63) is 79.0 Å². The molecule has 0 radical (unpaired) electrons. The molecule has 4 rings (SSSR count). The van der Waals surface area contributed by atoms with Gasteiger partial charge in [-0.2, -0.15) is 0 Å². The maximum Gasteiger partial charge on any atom is 0.256 e. The van der Waals surface area contributed by atoms with Crippen molar-refractivity contribution in [3.8, 4) is 11.3 Å². The molecule has 1 aliphatic heterocycles. The number of halogens is 1. The molecule has 1 aliphatic rings. The molecule has 0 bridgehead atoms. The van der Waals surface area contributed by atoms with E-state index in [1.807, 2.05) is 36.5 Å². The van der Waals surface area contributed by atoms with Crippen LogP contribution in [0.25, 0.3) is 11.3 Å². The Morgan fingerprint density at radius 1 is 1.15 bits per heavy atom. The minimum atomic E-state index is -0.0860. The third-order valence-electron chi connectivity index (χ3n) is 4.56. The summed E-state index contributed by atoms with van der Waals surface area (Å²) in [7, 11) is 0. The predicted molar refractivity (Wildman–Crippen MR) is 107 cm³/mol. The standard InChI is InChI=1S/C19H17BrN4OS/c20-14-4-2-13(3-5-14)16-6-1-12(9-21-16)10-24-8-7-17-15(11-24)18(25)23-19(26)22-17/h1-6,9H,7-8,10-11H2,(H2,22,23,25,26). The molecule has 0 spiro atoms. The Morgan fingerprint density at radius 2 is 1.96 bits per heavy atom. The van der Waals surface area contributed by atoms with Gasteiger partial charge in [-0.25, -0.2) is 0 Å². The topological polar surface area (TPSA) is 64.8 Å². The normalized spacial score (nSPS) is 14.2. The zero-order valence-corrected chi connectivity index (χ0v) is 16.4. The SMILES string of the molecule is O=c1[nH]c(=S)[nH]c2c1CN(Cc1ccc(-c3ccc(Br)cc3)nc1)CC2. The van der Waals surface area contributed by atoms with Gasteiger partial charge in [0.05, 0.1) is 11.3 Å². The van der Waals surface area contributed by atoms with Gasteiger partial charge >= 0.3 is 0 Å². The summed E-state index contributed by atoms with van der Waals surface area (Å²) >= 11 is 8.49. The van der Waals surface area contributed by atoms with Gasteiger partial charge in [-0.05, 0) is 36.0 Å². The summed E-state index contributed by atoms with van der Waals surface area (Å²) in [5.41, 5.74) is 4.83. The van der Waals surface area contributed by atoms with Crippen molar-refractivity contribution in [2.24, 2.45) is 0 Å². The Hall–Kier alpha value is -2.09. The van der Waals surface area contributed by atoms with Crippen LogP contribution < -0.4 is 5.56 Å². The number of hydrogen-bond acceptors (Lipinski definition) is 4. The highest BCUT2D eigenvalue weighted by atomic mass is 79.9. The number of aromatic nitrogens is 3. The minimum Gasteiger partial charge on any atom is -0.335 e. The van der Waals surface area contributed by atoms with Crippen molar-refractivity contribution >= 4 is 28.1 Å². The van der Waals surface area contributed by atoms with E-state index in [-0.39, 0.29) is 5.56 Å². The van der Waals surface area contributed by atoms with Gasteiger partial charge in [0.2, 0.25) is 0 Å². The quantitative estimate of drug-likeness (QED) is 0.622. The van der Waals surface area contributed by atoms with E-state index in [2.05, 4.69) is 41.8 Å². The van der Waals surface area contributed by atoms with Gasteiger partial charge in [0.15, 0.2) is 4.77 Å². The monoisotopic (exact) mass is 428 g/mol. The largest absolute Gasteiger partial charge is 0.335 e. The maximum absolute atomic E-state index is 12.1. The molecule has 0 saturated carbocycles. The molecule has 2 aromatic heterocycles. The maximum atomic E-state index is 12.1. The van der Waals surface area contributed by atoms with E-state index in [9.17, 15) is 4.79 Å². The molecular formula is C19H17BrN4OS. The molecule has 3 aromatic rings. The minimum absolute atomic E-state index is 0.0860. The first-order valence-electron chi connectivity index (χ1n) is 8.36. The summed E-state index contributed by atoms with van der Waals surface area (Å²) in [6.07, 6.45) is 2.71. The van der Waals surface area contributed by atoms with Crippen LogP contribution in [0.1, 0.15) is 16.8 Å². The molecule has 0 atom stereocenters. The number of aromatic amines is 2. The fraction of sp³-hybridized carbons (Fsp3) is 0.211. The van der Waals surface area contributed by atoms with E-state index in [0.29, 0.717) is 11.3 Å². The van der Waals surface area contributed by atoms with Gasteiger partial charge in [-0.15, -0.1) is 0 Å². The average Bonchev–Trinajstić information content (AvgIpc) is 2.64.